The third kappa shape index (κ3) is 7.52. The van der Waals surface area contributed by atoms with Crippen molar-refractivity contribution in [3.8, 4) is 23.0 Å². The maximum Gasteiger partial charge on any atom is 0.430 e. The van der Waals surface area contributed by atoms with Gasteiger partial charge in [0, 0.05) is 30.4 Å². The number of imide groups is 1. The lowest BCUT2D eigenvalue weighted by Crippen LogP contribution is -2.41. The molecule has 11 heteroatoms. The molecule has 0 aliphatic heterocycles. The average Bonchev–Trinajstić information content (AvgIpc) is 3.44. The van der Waals surface area contributed by atoms with Crippen molar-refractivity contribution < 1.29 is 28.6 Å². The van der Waals surface area contributed by atoms with Crippen molar-refractivity contribution in [2.45, 2.75) is 6.42 Å². The quantitative estimate of drug-likeness (QED) is 0.176. The van der Waals surface area contributed by atoms with E-state index in [1.54, 1.807) is 107 Å². The van der Waals surface area contributed by atoms with Gasteiger partial charge in [0.15, 0.2) is 5.82 Å². The number of pyridine rings is 1. The highest BCUT2D eigenvalue weighted by Gasteiger charge is 2.29. The molecule has 10 nitrogen and oxygen atoms in total. The fourth-order valence-electron chi connectivity index (χ4n) is 4.11. The third-order valence-corrected chi connectivity index (χ3v) is 6.82. The highest BCUT2D eigenvalue weighted by molar-refractivity contribution is 7.98. The minimum absolute atomic E-state index is 0.0651. The van der Waals surface area contributed by atoms with E-state index in [1.807, 2.05) is 12.3 Å². The van der Waals surface area contributed by atoms with Crippen LogP contribution in [0.1, 0.15) is 6.42 Å². The second-order valence-electron chi connectivity index (χ2n) is 9.13. The fourth-order valence-corrected chi connectivity index (χ4v) is 4.54. The van der Waals surface area contributed by atoms with Crippen LogP contribution in [0.3, 0.4) is 0 Å². The minimum Gasteiger partial charge on any atom is -0.457 e. The number of fused-ring (bicyclic) bond motifs is 1. The molecule has 2 heterocycles. The Kier molecular flexibility index (Phi) is 9.55. The normalized spacial score (nSPS) is 10.6. The van der Waals surface area contributed by atoms with E-state index >= 15 is 0 Å². The standard InChI is InChI=1S/C32H28N4O6S/c1-43-20-8-17-34-30(37)35-19-16-23-21-26(13-14-28(23)35)40-27-15-18-33-29(22-27)36(31(38)41-24-9-4-2-5-10-24)32(39)42-25-11-6-3-7-12-25/h2-7,9-16,18-19,21-22H,8,17,20H2,1H3,(H,34,37). The van der Waals surface area contributed by atoms with Crippen LogP contribution in [-0.2, 0) is 0 Å². The van der Waals surface area contributed by atoms with E-state index in [0.29, 0.717) is 22.9 Å². The number of benzene rings is 3. The van der Waals surface area contributed by atoms with Gasteiger partial charge in [-0.2, -0.15) is 16.7 Å². The summed E-state index contributed by atoms with van der Waals surface area (Å²) in [7, 11) is 0. The molecule has 3 aromatic carbocycles. The van der Waals surface area contributed by atoms with Crippen LogP contribution in [0, 0.1) is 0 Å². The van der Waals surface area contributed by atoms with E-state index in [2.05, 4.69) is 10.3 Å². The van der Waals surface area contributed by atoms with E-state index < -0.39 is 12.2 Å². The number of ether oxygens (including phenoxy) is 3. The topological polar surface area (TPSA) is 112 Å². The summed E-state index contributed by atoms with van der Waals surface area (Å²) in [6.07, 6.45) is 4.02. The number of amides is 3. The molecular weight excluding hydrogens is 568 g/mol. The van der Waals surface area contributed by atoms with Crippen LogP contribution in [-0.4, -0.2) is 46.3 Å². The monoisotopic (exact) mass is 596 g/mol. The van der Waals surface area contributed by atoms with Crippen molar-refractivity contribution >= 4 is 46.7 Å². The van der Waals surface area contributed by atoms with E-state index in [9.17, 15) is 14.4 Å². The zero-order chi connectivity index (χ0) is 30.0. The lowest BCUT2D eigenvalue weighted by Gasteiger charge is -2.19. The molecule has 0 aliphatic carbocycles. The molecule has 5 rings (SSSR count). The first-order valence-electron chi connectivity index (χ1n) is 13.4. The minimum atomic E-state index is -1.01. The number of nitrogens with zero attached hydrogens (tertiary/aromatic N) is 3. The Bertz CT molecular complexity index is 1660. The van der Waals surface area contributed by atoms with Crippen molar-refractivity contribution in [2.24, 2.45) is 0 Å². The van der Waals surface area contributed by atoms with Gasteiger partial charge in [0.2, 0.25) is 0 Å². The zero-order valence-corrected chi connectivity index (χ0v) is 24.0. The summed E-state index contributed by atoms with van der Waals surface area (Å²) >= 11 is 1.74. The van der Waals surface area contributed by atoms with Gasteiger partial charge in [-0.15, -0.1) is 0 Å². The molecule has 0 radical (unpaired) electrons. The van der Waals surface area contributed by atoms with Gasteiger partial charge in [-0.3, -0.25) is 4.57 Å². The van der Waals surface area contributed by atoms with Crippen LogP contribution >= 0.6 is 11.8 Å². The van der Waals surface area contributed by atoms with Crippen LogP contribution in [0.25, 0.3) is 10.9 Å². The molecule has 3 amide bonds. The highest BCUT2D eigenvalue weighted by Crippen LogP contribution is 2.29. The molecule has 5 aromatic rings. The van der Waals surface area contributed by atoms with Crippen LogP contribution < -0.4 is 24.4 Å². The van der Waals surface area contributed by atoms with Crippen molar-refractivity contribution in [2.75, 3.05) is 23.5 Å². The molecule has 2 aromatic heterocycles. The highest BCUT2D eigenvalue weighted by atomic mass is 32.2. The van der Waals surface area contributed by atoms with Crippen LogP contribution in [0.2, 0.25) is 0 Å². The molecule has 0 fully saturated rings. The number of carbonyl (C=O) groups excluding carboxylic acids is 3. The molecule has 0 atom stereocenters. The van der Waals surface area contributed by atoms with Crippen molar-refractivity contribution in [3.63, 3.8) is 0 Å². The van der Waals surface area contributed by atoms with Gasteiger partial charge in [-0.1, -0.05) is 36.4 Å². The Morgan fingerprint density at radius 2 is 1.47 bits per heavy atom. The van der Waals surface area contributed by atoms with E-state index in [4.69, 9.17) is 14.2 Å². The van der Waals surface area contributed by atoms with Crippen molar-refractivity contribution in [1.29, 1.82) is 0 Å². The summed E-state index contributed by atoms with van der Waals surface area (Å²) in [5.41, 5.74) is 0.726. The van der Waals surface area contributed by atoms with Gasteiger partial charge >= 0.3 is 18.2 Å². The second kappa shape index (κ2) is 14.1. The van der Waals surface area contributed by atoms with Gasteiger partial charge in [-0.05, 0) is 73.0 Å². The molecule has 218 valence electrons. The molecule has 0 unspecified atom stereocenters. The number of thioether (sulfide) groups is 1. The zero-order valence-electron chi connectivity index (χ0n) is 23.2. The maximum atomic E-state index is 13.2. The summed E-state index contributed by atoms with van der Waals surface area (Å²) in [4.78, 5) is 43.9. The Balaban J connectivity index is 1.36. The number of para-hydroxylation sites is 2. The molecule has 0 saturated carbocycles. The molecular formula is C32H28N4O6S. The van der Waals surface area contributed by atoms with E-state index in [0.717, 1.165) is 23.1 Å². The number of hydrogen-bond acceptors (Lipinski definition) is 8. The number of nitrogens with one attached hydrogen (secondary N) is 1. The Labute approximate surface area is 252 Å². The fraction of sp³-hybridized carbons (Fsp3) is 0.125. The number of carbonyl (C=O) groups is 3. The van der Waals surface area contributed by atoms with E-state index in [-0.39, 0.29) is 23.3 Å². The predicted octanol–water partition coefficient (Wildman–Crippen LogP) is 7.34. The van der Waals surface area contributed by atoms with Crippen LogP contribution in [0.5, 0.6) is 23.0 Å². The first-order valence-corrected chi connectivity index (χ1v) is 14.8. The summed E-state index contributed by atoms with van der Waals surface area (Å²) in [5.74, 6) is 2.18. The molecule has 0 spiro atoms. The molecule has 0 bridgehead atoms. The number of aromatic nitrogens is 2. The summed E-state index contributed by atoms with van der Waals surface area (Å²) in [5, 5.41) is 3.72. The number of hydrogen-bond donors (Lipinski definition) is 1. The van der Waals surface area contributed by atoms with Crippen molar-refractivity contribution in [3.05, 3.63) is 109 Å². The largest absolute Gasteiger partial charge is 0.457 e. The molecule has 1 N–H and O–H groups in total. The Morgan fingerprint density at radius 1 is 0.814 bits per heavy atom. The van der Waals surface area contributed by atoms with Gasteiger partial charge in [-0.25, -0.2) is 19.4 Å². The molecule has 43 heavy (non-hydrogen) atoms. The van der Waals surface area contributed by atoms with Gasteiger partial charge in [0.05, 0.1) is 5.52 Å². The molecule has 0 aliphatic rings. The number of rotatable bonds is 9. The van der Waals surface area contributed by atoms with Crippen molar-refractivity contribution in [1.82, 2.24) is 14.9 Å². The van der Waals surface area contributed by atoms with Crippen LogP contribution in [0.15, 0.2) is 109 Å². The maximum absolute atomic E-state index is 13.2. The lowest BCUT2D eigenvalue weighted by atomic mass is 10.2. The summed E-state index contributed by atoms with van der Waals surface area (Å²) in [6.45, 7) is 0.597. The second-order valence-corrected chi connectivity index (χ2v) is 10.1. The lowest BCUT2D eigenvalue weighted by molar-refractivity contribution is 0.190. The molecule has 0 saturated heterocycles. The Hall–Kier alpha value is -5.29. The third-order valence-electron chi connectivity index (χ3n) is 6.13. The first kappa shape index (κ1) is 29.2. The predicted molar refractivity (Wildman–Crippen MR) is 165 cm³/mol. The smallest absolute Gasteiger partial charge is 0.430 e. The Morgan fingerprint density at radius 3 is 2.12 bits per heavy atom. The first-order chi connectivity index (χ1) is 21.0. The average molecular weight is 597 g/mol. The summed E-state index contributed by atoms with van der Waals surface area (Å²) < 4.78 is 18.5. The number of anilines is 1. The van der Waals surface area contributed by atoms with Gasteiger partial charge in [0.1, 0.15) is 23.0 Å². The SMILES string of the molecule is CSCCCNC(=O)n1ccc2cc(Oc3ccnc(N(C(=O)Oc4ccccc4)C(=O)Oc4ccccc4)c3)ccc21. The summed E-state index contributed by atoms with van der Waals surface area (Å²) in [6, 6.07) is 26.6. The van der Waals surface area contributed by atoms with Gasteiger partial charge in [0.25, 0.3) is 0 Å². The van der Waals surface area contributed by atoms with E-state index in [1.165, 1.54) is 12.3 Å². The van der Waals surface area contributed by atoms with Gasteiger partial charge < -0.3 is 19.5 Å². The van der Waals surface area contributed by atoms with Crippen LogP contribution in [0.4, 0.5) is 20.2 Å².